The molecule has 0 radical (unpaired) electrons. The van der Waals surface area contributed by atoms with Crippen LogP contribution in [0.5, 0.6) is 0 Å². The molecule has 2 N–H and O–H groups in total. The summed E-state index contributed by atoms with van der Waals surface area (Å²) in [7, 11) is 0. The van der Waals surface area contributed by atoms with E-state index in [0.717, 1.165) is 11.1 Å². The lowest BCUT2D eigenvalue weighted by molar-refractivity contribution is 0.589. The van der Waals surface area contributed by atoms with Crippen molar-refractivity contribution in [2.45, 2.75) is 0 Å². The number of anilines is 4. The largest absolute Gasteiger partial charge is 0.435 e. The van der Waals surface area contributed by atoms with Gasteiger partial charge in [0.1, 0.15) is 17.3 Å². The molecule has 0 saturated carbocycles. The summed E-state index contributed by atoms with van der Waals surface area (Å²) >= 11 is 12.3. The van der Waals surface area contributed by atoms with Gasteiger partial charge >= 0.3 is 0 Å². The number of rotatable bonds is 9. The Kier molecular flexibility index (Phi) is 8.81. The zero-order valence-corrected chi connectivity index (χ0v) is 28.2. The SMILES string of the molecule is Fc1ccccc1Nc1nc(Nc2ccccc2F)nc(-c2cn(-c3cccc(-c4nc(-c5ccc(Cl)cc5)c(-c5ccc(Cl)cc5)o4)c3)nn2)n1. The van der Waals surface area contributed by atoms with Crippen LogP contribution in [-0.4, -0.2) is 34.9 Å². The van der Waals surface area contributed by atoms with E-state index in [1.807, 2.05) is 48.5 Å². The minimum absolute atomic E-state index is 0.00219. The van der Waals surface area contributed by atoms with Crippen molar-refractivity contribution in [2.24, 2.45) is 0 Å². The topological polar surface area (TPSA) is 119 Å². The van der Waals surface area contributed by atoms with E-state index in [0.29, 0.717) is 38.6 Å². The van der Waals surface area contributed by atoms with Gasteiger partial charge in [0, 0.05) is 26.7 Å². The summed E-state index contributed by atoms with van der Waals surface area (Å²) in [6.07, 6.45) is 1.63. The van der Waals surface area contributed by atoms with Crippen LogP contribution in [0.15, 0.2) is 132 Å². The molecule has 3 aromatic heterocycles. The number of hydrogen-bond donors (Lipinski definition) is 2. The second-order valence-electron chi connectivity index (χ2n) is 11.3. The average molecular weight is 731 g/mol. The molecule has 0 amide bonds. The highest BCUT2D eigenvalue weighted by Crippen LogP contribution is 2.37. The van der Waals surface area contributed by atoms with Crippen molar-refractivity contribution in [1.82, 2.24) is 34.9 Å². The fourth-order valence-electron chi connectivity index (χ4n) is 5.29. The minimum atomic E-state index is -0.509. The summed E-state index contributed by atoms with van der Waals surface area (Å²) in [4.78, 5) is 18.2. The molecule has 0 fully saturated rings. The summed E-state index contributed by atoms with van der Waals surface area (Å²) in [5, 5.41) is 15.6. The Morgan fingerprint density at radius 2 is 1.19 bits per heavy atom. The third-order valence-corrected chi connectivity index (χ3v) is 8.31. The Balaban J connectivity index is 1.14. The van der Waals surface area contributed by atoms with Crippen LogP contribution in [-0.2, 0) is 0 Å². The van der Waals surface area contributed by atoms with Gasteiger partial charge in [-0.05, 0) is 78.9 Å². The quantitative estimate of drug-likeness (QED) is 0.150. The fourth-order valence-corrected chi connectivity index (χ4v) is 5.54. The van der Waals surface area contributed by atoms with Crippen molar-refractivity contribution in [3.8, 4) is 51.2 Å². The third-order valence-electron chi connectivity index (χ3n) is 7.81. The average Bonchev–Trinajstić information content (AvgIpc) is 3.84. The van der Waals surface area contributed by atoms with Gasteiger partial charge in [0.05, 0.1) is 23.3 Å². The van der Waals surface area contributed by atoms with E-state index in [-0.39, 0.29) is 34.8 Å². The van der Waals surface area contributed by atoms with Crippen molar-refractivity contribution in [2.75, 3.05) is 10.6 Å². The summed E-state index contributed by atoms with van der Waals surface area (Å²) in [6, 6.07) is 34.2. The lowest BCUT2D eigenvalue weighted by Crippen LogP contribution is -2.07. The Morgan fingerprint density at radius 1 is 0.596 bits per heavy atom. The van der Waals surface area contributed by atoms with E-state index in [1.54, 1.807) is 59.4 Å². The third kappa shape index (κ3) is 6.93. The molecule has 0 aliphatic heterocycles. The van der Waals surface area contributed by atoms with E-state index in [1.165, 1.54) is 24.3 Å². The molecule has 10 nitrogen and oxygen atoms in total. The predicted molar refractivity (Wildman–Crippen MR) is 196 cm³/mol. The highest BCUT2D eigenvalue weighted by molar-refractivity contribution is 6.31. The van der Waals surface area contributed by atoms with E-state index in [9.17, 15) is 8.78 Å². The minimum Gasteiger partial charge on any atom is -0.435 e. The Hall–Kier alpha value is -6.50. The van der Waals surface area contributed by atoms with Crippen molar-refractivity contribution >= 4 is 46.5 Å². The normalized spacial score (nSPS) is 11.1. The number of nitrogens with one attached hydrogen (secondary N) is 2. The van der Waals surface area contributed by atoms with Crippen molar-refractivity contribution in [1.29, 1.82) is 0 Å². The summed E-state index contributed by atoms with van der Waals surface area (Å²) in [6.45, 7) is 0. The monoisotopic (exact) mass is 729 g/mol. The van der Waals surface area contributed by atoms with Crippen molar-refractivity contribution in [3.05, 3.63) is 149 Å². The molecule has 0 spiro atoms. The Labute approximate surface area is 304 Å². The highest BCUT2D eigenvalue weighted by Gasteiger charge is 2.20. The first-order valence-electron chi connectivity index (χ1n) is 15.7. The van der Waals surface area contributed by atoms with Crippen LogP contribution in [0, 0.1) is 11.6 Å². The molecule has 0 saturated heterocycles. The van der Waals surface area contributed by atoms with Gasteiger partial charge in [-0.15, -0.1) is 5.10 Å². The molecule has 14 heteroatoms. The number of nitrogens with zero attached hydrogens (tertiary/aromatic N) is 7. The van der Waals surface area contributed by atoms with Crippen LogP contribution in [0.2, 0.25) is 10.0 Å². The van der Waals surface area contributed by atoms with Gasteiger partial charge in [0.25, 0.3) is 0 Å². The molecule has 0 bridgehead atoms. The summed E-state index contributed by atoms with van der Waals surface area (Å²) in [5.74, 6) is 0.0305. The Morgan fingerprint density at radius 3 is 1.81 bits per heavy atom. The maximum absolute atomic E-state index is 14.5. The zero-order chi connectivity index (χ0) is 35.6. The first kappa shape index (κ1) is 32.7. The first-order chi connectivity index (χ1) is 25.4. The van der Waals surface area contributed by atoms with E-state index >= 15 is 0 Å². The van der Waals surface area contributed by atoms with Crippen LogP contribution >= 0.6 is 23.2 Å². The molecule has 52 heavy (non-hydrogen) atoms. The number of para-hydroxylation sites is 2. The number of oxazole rings is 1. The van der Waals surface area contributed by atoms with Crippen LogP contribution in [0.3, 0.4) is 0 Å². The van der Waals surface area contributed by atoms with Gasteiger partial charge < -0.3 is 15.1 Å². The second kappa shape index (κ2) is 14.0. The molecular weight excluding hydrogens is 707 g/mol. The number of aromatic nitrogens is 7. The lowest BCUT2D eigenvalue weighted by atomic mass is 10.1. The fraction of sp³-hybridized carbons (Fsp3) is 0. The molecule has 0 aliphatic rings. The van der Waals surface area contributed by atoms with Crippen molar-refractivity contribution < 1.29 is 13.2 Å². The van der Waals surface area contributed by atoms with Crippen LogP contribution in [0.1, 0.15) is 0 Å². The van der Waals surface area contributed by atoms with Gasteiger partial charge in [-0.2, -0.15) is 15.0 Å². The maximum Gasteiger partial charge on any atom is 0.232 e. The molecule has 5 aromatic carbocycles. The first-order valence-corrected chi connectivity index (χ1v) is 16.5. The summed E-state index contributed by atoms with van der Waals surface area (Å²) in [5.41, 5.74) is 4.13. The van der Waals surface area contributed by atoms with E-state index < -0.39 is 11.6 Å². The molecule has 0 aliphatic carbocycles. The molecule has 3 heterocycles. The van der Waals surface area contributed by atoms with Crippen LogP contribution < -0.4 is 10.6 Å². The van der Waals surface area contributed by atoms with Gasteiger partial charge in [-0.3, -0.25) is 0 Å². The van der Waals surface area contributed by atoms with Gasteiger partial charge in [0.15, 0.2) is 17.3 Å². The van der Waals surface area contributed by atoms with Crippen LogP contribution in [0.4, 0.5) is 32.1 Å². The maximum atomic E-state index is 14.5. The number of halogens is 4. The second-order valence-corrected chi connectivity index (χ2v) is 12.2. The number of benzene rings is 5. The van der Waals surface area contributed by atoms with Gasteiger partial charge in [-0.1, -0.05) is 70.9 Å². The molecule has 0 unspecified atom stereocenters. The van der Waals surface area contributed by atoms with Crippen molar-refractivity contribution in [3.63, 3.8) is 0 Å². The highest BCUT2D eigenvalue weighted by atomic mass is 35.5. The van der Waals surface area contributed by atoms with Gasteiger partial charge in [0.2, 0.25) is 17.8 Å². The zero-order valence-electron chi connectivity index (χ0n) is 26.7. The molecule has 8 rings (SSSR count). The van der Waals surface area contributed by atoms with E-state index in [2.05, 4.69) is 35.9 Å². The Bertz CT molecular complexity index is 2410. The summed E-state index contributed by atoms with van der Waals surface area (Å²) < 4.78 is 37.0. The molecule has 8 aromatic rings. The number of hydrogen-bond acceptors (Lipinski definition) is 9. The lowest BCUT2D eigenvalue weighted by Gasteiger charge is -2.10. The molecule has 254 valence electrons. The molecule has 0 atom stereocenters. The molecular formula is C38H23Cl2F2N9O. The smallest absolute Gasteiger partial charge is 0.232 e. The predicted octanol–water partition coefficient (Wildman–Crippen LogP) is 10.2. The van der Waals surface area contributed by atoms with Crippen LogP contribution in [0.25, 0.3) is 51.2 Å². The van der Waals surface area contributed by atoms with E-state index in [4.69, 9.17) is 32.6 Å². The van der Waals surface area contributed by atoms with Gasteiger partial charge in [-0.25, -0.2) is 18.4 Å². The standard InChI is InChI=1S/C38H23Cl2F2N9O/c39-25-16-12-22(13-17-25)33-34(23-14-18-26(40)19-15-23)52-36(45-33)24-6-5-7-27(20-24)51-21-32(49-50-51)35-46-37(43-30-10-3-1-8-28(30)41)48-38(47-35)44-31-11-4-2-9-29(31)42/h1-21H,(H2,43,44,46,47,48).